The number of likely N-dealkylation sites (tertiary alicyclic amines) is 1. The van der Waals surface area contributed by atoms with Crippen LogP contribution >= 0.6 is 0 Å². The number of carbonyl (C=O) groups excluding carboxylic acids is 1. The Morgan fingerprint density at radius 3 is 2.54 bits per heavy atom. The summed E-state index contributed by atoms with van der Waals surface area (Å²) in [5, 5.41) is 5.92. The highest BCUT2D eigenvalue weighted by molar-refractivity contribution is 5.94. The highest BCUT2D eigenvalue weighted by atomic mass is 19.4. The van der Waals surface area contributed by atoms with Gasteiger partial charge in [0.1, 0.15) is 0 Å². The van der Waals surface area contributed by atoms with Gasteiger partial charge in [0.15, 0.2) is 5.96 Å². The van der Waals surface area contributed by atoms with Crippen molar-refractivity contribution in [3.05, 3.63) is 35.4 Å². The number of nitrogens with one attached hydrogen (secondary N) is 2. The first-order valence-corrected chi connectivity index (χ1v) is 9.32. The van der Waals surface area contributed by atoms with Crippen LogP contribution in [0, 0.1) is 5.41 Å². The summed E-state index contributed by atoms with van der Waals surface area (Å²) in [6.45, 7) is 4.24. The number of rotatable bonds is 4. The minimum atomic E-state index is -4.41. The van der Waals surface area contributed by atoms with Gasteiger partial charge in [0.25, 0.3) is 5.91 Å². The van der Waals surface area contributed by atoms with Crippen LogP contribution in [0.4, 0.5) is 13.2 Å². The molecule has 0 aromatic heterocycles. The molecule has 2 heterocycles. The lowest BCUT2D eigenvalue weighted by Gasteiger charge is -2.25. The summed E-state index contributed by atoms with van der Waals surface area (Å²) < 4.78 is 43.3. The van der Waals surface area contributed by atoms with Crippen LogP contribution < -0.4 is 10.6 Å². The number of guanidine groups is 1. The van der Waals surface area contributed by atoms with Crippen molar-refractivity contribution < 1.29 is 22.7 Å². The SMILES string of the molecule is CN=C(NCCNC(=O)c1ccc(C(F)(F)F)cc1)N1CCC2(CCOC2)C1. The molecule has 9 heteroatoms. The first-order valence-electron chi connectivity index (χ1n) is 9.32. The molecule has 28 heavy (non-hydrogen) atoms. The Bertz CT molecular complexity index is 713. The van der Waals surface area contributed by atoms with Crippen molar-refractivity contribution in [2.24, 2.45) is 10.4 Å². The number of benzene rings is 1. The maximum atomic E-state index is 12.6. The van der Waals surface area contributed by atoms with E-state index >= 15 is 0 Å². The van der Waals surface area contributed by atoms with Gasteiger partial charge in [-0.3, -0.25) is 9.79 Å². The zero-order valence-electron chi connectivity index (χ0n) is 15.8. The molecular weight excluding hydrogens is 373 g/mol. The van der Waals surface area contributed by atoms with Crippen LogP contribution in [0.15, 0.2) is 29.3 Å². The molecule has 154 valence electrons. The largest absolute Gasteiger partial charge is 0.416 e. The summed E-state index contributed by atoms with van der Waals surface area (Å²) in [6.07, 6.45) is -2.25. The van der Waals surface area contributed by atoms with Crippen LogP contribution in [0.2, 0.25) is 0 Å². The summed E-state index contributed by atoms with van der Waals surface area (Å²) in [5.41, 5.74) is -0.348. The number of aliphatic imine (C=N–C) groups is 1. The van der Waals surface area contributed by atoms with E-state index in [1.54, 1.807) is 7.05 Å². The molecule has 0 bridgehead atoms. The Kier molecular flexibility index (Phi) is 6.12. The molecule has 0 radical (unpaired) electrons. The fourth-order valence-electron chi connectivity index (χ4n) is 3.68. The molecule has 1 unspecified atom stereocenters. The van der Waals surface area contributed by atoms with Gasteiger partial charge in [-0.2, -0.15) is 13.2 Å². The third-order valence-corrected chi connectivity index (χ3v) is 5.30. The fourth-order valence-corrected chi connectivity index (χ4v) is 3.68. The molecule has 1 aromatic carbocycles. The topological polar surface area (TPSA) is 66.0 Å². The molecule has 2 aliphatic heterocycles. The van der Waals surface area contributed by atoms with Gasteiger partial charge in [-0.25, -0.2) is 0 Å². The van der Waals surface area contributed by atoms with E-state index in [-0.39, 0.29) is 11.0 Å². The van der Waals surface area contributed by atoms with E-state index in [9.17, 15) is 18.0 Å². The van der Waals surface area contributed by atoms with Crippen LogP contribution in [0.1, 0.15) is 28.8 Å². The highest BCUT2D eigenvalue weighted by Gasteiger charge is 2.42. The van der Waals surface area contributed by atoms with Crippen molar-refractivity contribution in [3.63, 3.8) is 0 Å². The number of amides is 1. The van der Waals surface area contributed by atoms with Gasteiger partial charge >= 0.3 is 6.18 Å². The third-order valence-electron chi connectivity index (χ3n) is 5.30. The molecule has 2 fully saturated rings. The van der Waals surface area contributed by atoms with Crippen molar-refractivity contribution in [3.8, 4) is 0 Å². The number of hydrogen-bond acceptors (Lipinski definition) is 3. The maximum Gasteiger partial charge on any atom is 0.416 e. The van der Waals surface area contributed by atoms with Crippen LogP contribution in [-0.2, 0) is 10.9 Å². The Hall–Kier alpha value is -2.29. The van der Waals surface area contributed by atoms with Crippen LogP contribution in [0.3, 0.4) is 0 Å². The van der Waals surface area contributed by atoms with E-state index in [4.69, 9.17) is 4.74 Å². The van der Waals surface area contributed by atoms with Crippen molar-refractivity contribution >= 4 is 11.9 Å². The van der Waals surface area contributed by atoms with Crippen LogP contribution in [-0.4, -0.2) is 63.2 Å². The minimum absolute atomic E-state index is 0.195. The molecule has 2 saturated heterocycles. The monoisotopic (exact) mass is 398 g/mol. The number of ether oxygens (including phenoxy) is 1. The van der Waals surface area contributed by atoms with Gasteiger partial charge < -0.3 is 20.3 Å². The molecular formula is C19H25F3N4O2. The summed E-state index contributed by atoms with van der Waals surface area (Å²) in [5.74, 6) is 0.376. The molecule has 0 saturated carbocycles. The predicted octanol–water partition coefficient (Wildman–Crippen LogP) is 2.12. The van der Waals surface area contributed by atoms with E-state index in [0.717, 1.165) is 57.2 Å². The summed E-state index contributed by atoms with van der Waals surface area (Å²) in [4.78, 5) is 18.6. The highest BCUT2D eigenvalue weighted by Crippen LogP contribution is 2.38. The summed E-state index contributed by atoms with van der Waals surface area (Å²) in [6, 6.07) is 4.17. The van der Waals surface area contributed by atoms with Crippen LogP contribution in [0.5, 0.6) is 0 Å². The molecule has 1 atom stereocenters. The maximum absolute atomic E-state index is 12.6. The average Bonchev–Trinajstić information content (AvgIpc) is 3.31. The fraction of sp³-hybridized carbons (Fsp3) is 0.579. The van der Waals surface area contributed by atoms with Gasteiger partial charge in [-0.1, -0.05) is 0 Å². The zero-order valence-corrected chi connectivity index (χ0v) is 15.8. The second kappa shape index (κ2) is 8.38. The van der Waals surface area contributed by atoms with E-state index < -0.39 is 17.6 Å². The molecule has 1 spiro atoms. The first kappa shape index (κ1) is 20.4. The van der Waals surface area contributed by atoms with Gasteiger partial charge in [0, 0.05) is 50.8 Å². The molecule has 6 nitrogen and oxygen atoms in total. The van der Waals surface area contributed by atoms with Gasteiger partial charge in [-0.05, 0) is 37.1 Å². The normalized spacial score (nSPS) is 22.7. The minimum Gasteiger partial charge on any atom is -0.381 e. The number of halogens is 3. The Labute approximate surface area is 162 Å². The van der Waals surface area contributed by atoms with Crippen molar-refractivity contribution in [2.45, 2.75) is 19.0 Å². The summed E-state index contributed by atoms with van der Waals surface area (Å²) >= 11 is 0. The lowest BCUT2D eigenvalue weighted by molar-refractivity contribution is -0.137. The van der Waals surface area contributed by atoms with E-state index in [2.05, 4.69) is 20.5 Å². The van der Waals surface area contributed by atoms with Crippen molar-refractivity contribution in [1.82, 2.24) is 15.5 Å². The van der Waals surface area contributed by atoms with Crippen molar-refractivity contribution in [2.75, 3.05) is 46.4 Å². The van der Waals surface area contributed by atoms with E-state index in [1.807, 2.05) is 0 Å². The third kappa shape index (κ3) is 4.76. The average molecular weight is 398 g/mol. The quantitative estimate of drug-likeness (QED) is 0.463. The number of alkyl halides is 3. The predicted molar refractivity (Wildman–Crippen MR) is 99.2 cm³/mol. The molecule has 2 N–H and O–H groups in total. The van der Waals surface area contributed by atoms with Gasteiger partial charge in [0.2, 0.25) is 0 Å². The van der Waals surface area contributed by atoms with Gasteiger partial charge in [0.05, 0.1) is 12.2 Å². The molecule has 0 aliphatic carbocycles. The van der Waals surface area contributed by atoms with Crippen LogP contribution in [0.25, 0.3) is 0 Å². The standard InChI is InChI=1S/C19H25F3N4O2/c1-23-17(26-10-6-18(12-26)7-11-28-13-18)25-9-8-24-16(27)14-2-4-15(5-3-14)19(20,21)22/h2-5H,6-13H2,1H3,(H,23,25)(H,24,27). The van der Waals surface area contributed by atoms with Gasteiger partial charge in [-0.15, -0.1) is 0 Å². The number of carbonyl (C=O) groups is 1. The molecule has 1 aromatic rings. The zero-order chi connectivity index (χ0) is 20.2. The number of hydrogen-bond donors (Lipinski definition) is 2. The van der Waals surface area contributed by atoms with E-state index in [1.165, 1.54) is 12.1 Å². The van der Waals surface area contributed by atoms with Crippen molar-refractivity contribution in [1.29, 1.82) is 0 Å². The molecule has 1 amide bonds. The second-order valence-corrected chi connectivity index (χ2v) is 7.28. The molecule has 2 aliphatic rings. The lowest BCUT2D eigenvalue weighted by atomic mass is 9.87. The first-order chi connectivity index (χ1) is 13.3. The lowest BCUT2D eigenvalue weighted by Crippen LogP contribution is -2.44. The summed E-state index contributed by atoms with van der Waals surface area (Å²) in [7, 11) is 1.72. The smallest absolute Gasteiger partial charge is 0.381 e. The van der Waals surface area contributed by atoms with E-state index in [0.29, 0.717) is 13.1 Å². The molecule has 3 rings (SSSR count). The Balaban J connectivity index is 1.42. The Morgan fingerprint density at radius 1 is 1.21 bits per heavy atom. The second-order valence-electron chi connectivity index (χ2n) is 7.28. The Morgan fingerprint density at radius 2 is 1.93 bits per heavy atom. The number of nitrogens with zero attached hydrogens (tertiary/aromatic N) is 2.